The molecule has 0 saturated carbocycles. The molecule has 0 unspecified atom stereocenters. The lowest BCUT2D eigenvalue weighted by atomic mass is 9.74. The van der Waals surface area contributed by atoms with Crippen molar-refractivity contribution in [1.82, 2.24) is 0 Å². The number of carbonyl (C=O) groups excluding carboxylic acids is 1. The second-order valence-electron chi connectivity index (χ2n) is 11.2. The van der Waals surface area contributed by atoms with Gasteiger partial charge in [0.15, 0.2) is 0 Å². The van der Waals surface area contributed by atoms with Crippen LogP contribution in [-0.4, -0.2) is 37.7 Å². The van der Waals surface area contributed by atoms with E-state index in [0.29, 0.717) is 0 Å². The van der Waals surface area contributed by atoms with Crippen LogP contribution in [0.4, 0.5) is 0 Å². The van der Waals surface area contributed by atoms with E-state index in [4.69, 9.17) is 9.16 Å². The van der Waals surface area contributed by atoms with Crippen LogP contribution in [0.25, 0.3) is 0 Å². The Labute approximate surface area is 211 Å². The van der Waals surface area contributed by atoms with Crippen LogP contribution in [0.3, 0.4) is 0 Å². The molecule has 1 aliphatic carbocycles. The monoisotopic (exact) mass is 492 g/mol. The first-order valence-corrected chi connectivity index (χ1v) is 15.0. The average Bonchev–Trinajstić information content (AvgIpc) is 2.83. The summed E-state index contributed by atoms with van der Waals surface area (Å²) in [5.74, 6) is -0.341. The second kappa shape index (κ2) is 10.8. The van der Waals surface area contributed by atoms with Crippen molar-refractivity contribution >= 4 is 24.7 Å². The summed E-state index contributed by atoms with van der Waals surface area (Å²) in [4.78, 5) is 12.9. The van der Waals surface area contributed by atoms with Gasteiger partial charge in [-0.05, 0) is 47.5 Å². The van der Waals surface area contributed by atoms with Gasteiger partial charge in [0.05, 0.1) is 24.7 Å². The molecule has 0 spiro atoms. The molecular weight excluding hydrogens is 452 g/mol. The topological polar surface area (TPSA) is 55.8 Å². The minimum absolute atomic E-state index is 0.0239. The maximum absolute atomic E-state index is 12.9. The minimum atomic E-state index is -2.81. The quantitative estimate of drug-likeness (QED) is 0.371. The number of esters is 1. The molecule has 0 radical (unpaired) electrons. The molecule has 0 bridgehead atoms. The van der Waals surface area contributed by atoms with Crippen molar-refractivity contribution in [3.8, 4) is 0 Å². The number of fused-ring (bicyclic) bond motifs is 1. The Kier molecular flexibility index (Phi) is 7.99. The van der Waals surface area contributed by atoms with E-state index in [0.717, 1.165) is 25.7 Å². The molecule has 0 aromatic heterocycles. The van der Waals surface area contributed by atoms with Crippen molar-refractivity contribution in [1.29, 1.82) is 0 Å². The van der Waals surface area contributed by atoms with Crippen LogP contribution in [-0.2, 0) is 14.0 Å². The van der Waals surface area contributed by atoms with Gasteiger partial charge in [-0.3, -0.25) is 4.79 Å². The molecule has 1 fully saturated rings. The van der Waals surface area contributed by atoms with Crippen LogP contribution in [0.2, 0.25) is 5.04 Å². The zero-order valence-corrected chi connectivity index (χ0v) is 22.5. The number of aliphatic hydroxyl groups is 1. The highest BCUT2D eigenvalue weighted by molar-refractivity contribution is 6.99. The first-order valence-electron chi connectivity index (χ1n) is 13.1. The molecule has 5 heteroatoms. The highest BCUT2D eigenvalue weighted by Crippen LogP contribution is 2.42. The fraction of sp³-hybridized carbons (Fsp3) is 0.500. The molecule has 1 saturated heterocycles. The molecule has 2 aromatic rings. The van der Waals surface area contributed by atoms with Crippen molar-refractivity contribution in [2.24, 2.45) is 11.8 Å². The standard InChI is InChI=1S/C30H40O4Si/c1-22-13-11-12-18-25-26(21-29(32)33-22)28(20-19-27(25)31)34-35(30(2,3)4,23-14-7-5-8-15-23)24-16-9-6-10-17-24/h5-10,14-17,19-20,22,25-28,31H,11-13,18,21H2,1-4H3/t22-,25-,26-,27-,28+/m1/s1. The summed E-state index contributed by atoms with van der Waals surface area (Å²) in [5.41, 5.74) is 0. The predicted molar refractivity (Wildman–Crippen MR) is 143 cm³/mol. The Hall–Kier alpha value is -2.21. The van der Waals surface area contributed by atoms with E-state index < -0.39 is 14.4 Å². The van der Waals surface area contributed by atoms with Gasteiger partial charge in [-0.2, -0.15) is 0 Å². The summed E-state index contributed by atoms with van der Waals surface area (Å²) in [7, 11) is -2.81. The molecule has 0 amide bonds. The van der Waals surface area contributed by atoms with E-state index >= 15 is 0 Å². The third kappa shape index (κ3) is 5.47. The fourth-order valence-electron chi connectivity index (χ4n) is 6.02. The van der Waals surface area contributed by atoms with Gasteiger partial charge >= 0.3 is 5.97 Å². The number of hydrogen-bond acceptors (Lipinski definition) is 4. The summed E-state index contributed by atoms with van der Waals surface area (Å²) in [6.45, 7) is 8.77. The summed E-state index contributed by atoms with van der Waals surface area (Å²) in [5, 5.41) is 13.2. The molecule has 35 heavy (non-hydrogen) atoms. The SMILES string of the molecule is C[C@@H]1CCCC[C@@H]2[C@@H](CC(=O)O1)[C@@H](O[Si](c1ccccc1)(c1ccccc1)C(C)(C)C)C=C[C@H]2O. The lowest BCUT2D eigenvalue weighted by Crippen LogP contribution is -2.68. The highest BCUT2D eigenvalue weighted by Gasteiger charge is 2.53. The van der Waals surface area contributed by atoms with E-state index in [1.54, 1.807) is 0 Å². The largest absolute Gasteiger partial charge is 0.463 e. The van der Waals surface area contributed by atoms with Crippen molar-refractivity contribution in [3.63, 3.8) is 0 Å². The highest BCUT2D eigenvalue weighted by atomic mass is 28.4. The van der Waals surface area contributed by atoms with E-state index in [9.17, 15) is 9.90 Å². The van der Waals surface area contributed by atoms with Crippen LogP contribution in [0.15, 0.2) is 72.8 Å². The van der Waals surface area contributed by atoms with Crippen LogP contribution in [0, 0.1) is 11.8 Å². The Morgan fingerprint density at radius 2 is 1.46 bits per heavy atom. The van der Waals surface area contributed by atoms with Gasteiger partial charge in [0.1, 0.15) is 0 Å². The summed E-state index contributed by atoms with van der Waals surface area (Å²) in [6.07, 6.45) is 7.01. The first-order chi connectivity index (χ1) is 16.7. The average molecular weight is 493 g/mol. The summed E-state index contributed by atoms with van der Waals surface area (Å²) < 4.78 is 13.1. The Bertz CT molecular complexity index is 959. The number of rotatable bonds is 4. The molecule has 1 heterocycles. The normalized spacial score (nSPS) is 28.1. The number of carbonyl (C=O) groups is 1. The molecule has 2 aliphatic rings. The van der Waals surface area contributed by atoms with E-state index in [2.05, 4.69) is 69.3 Å². The van der Waals surface area contributed by atoms with E-state index in [1.165, 1.54) is 10.4 Å². The number of benzene rings is 2. The molecule has 188 valence electrons. The van der Waals surface area contributed by atoms with Crippen molar-refractivity contribution < 1.29 is 19.1 Å². The molecule has 4 rings (SSSR count). The van der Waals surface area contributed by atoms with Crippen LogP contribution < -0.4 is 10.4 Å². The second-order valence-corrected chi connectivity index (χ2v) is 15.5. The maximum atomic E-state index is 12.9. The van der Waals surface area contributed by atoms with Crippen LogP contribution >= 0.6 is 0 Å². The van der Waals surface area contributed by atoms with E-state index in [1.807, 2.05) is 31.2 Å². The molecule has 1 aliphatic heterocycles. The van der Waals surface area contributed by atoms with Gasteiger partial charge in [0, 0.05) is 5.92 Å². The zero-order chi connectivity index (χ0) is 25.1. The van der Waals surface area contributed by atoms with Gasteiger partial charge in [-0.1, -0.05) is 100 Å². The number of hydrogen-bond donors (Lipinski definition) is 1. The van der Waals surface area contributed by atoms with Crippen molar-refractivity contribution in [2.75, 3.05) is 0 Å². The first kappa shape index (κ1) is 25.9. The molecule has 5 atom stereocenters. The third-order valence-electron chi connectivity index (χ3n) is 7.77. The molecular formula is C30H40O4Si. The number of aliphatic hydroxyl groups excluding tert-OH is 1. The predicted octanol–water partition coefficient (Wildman–Crippen LogP) is 4.99. The Balaban J connectivity index is 1.80. The zero-order valence-electron chi connectivity index (χ0n) is 21.5. The lowest BCUT2D eigenvalue weighted by Gasteiger charge is -2.48. The Morgan fingerprint density at radius 3 is 2.03 bits per heavy atom. The lowest BCUT2D eigenvalue weighted by molar-refractivity contribution is -0.152. The fourth-order valence-corrected chi connectivity index (χ4v) is 10.7. The van der Waals surface area contributed by atoms with Crippen molar-refractivity contribution in [3.05, 3.63) is 72.8 Å². The van der Waals surface area contributed by atoms with Gasteiger partial charge in [-0.25, -0.2) is 0 Å². The Morgan fingerprint density at radius 1 is 0.886 bits per heavy atom. The maximum Gasteiger partial charge on any atom is 0.306 e. The summed E-state index contributed by atoms with van der Waals surface area (Å²) in [6, 6.07) is 21.2. The van der Waals surface area contributed by atoms with Crippen molar-refractivity contribution in [2.45, 2.75) is 83.1 Å². The number of cyclic esters (lactones) is 1. The molecule has 4 nitrogen and oxygen atoms in total. The number of ether oxygens (including phenoxy) is 1. The van der Waals surface area contributed by atoms with E-state index in [-0.39, 0.29) is 41.5 Å². The minimum Gasteiger partial charge on any atom is -0.463 e. The summed E-state index contributed by atoms with van der Waals surface area (Å²) >= 11 is 0. The van der Waals surface area contributed by atoms with Gasteiger partial charge < -0.3 is 14.3 Å². The van der Waals surface area contributed by atoms with Gasteiger partial charge in [0.2, 0.25) is 0 Å². The molecule has 2 aromatic carbocycles. The van der Waals surface area contributed by atoms with Crippen LogP contribution in [0.1, 0.15) is 59.8 Å². The molecule has 1 N–H and O–H groups in total. The van der Waals surface area contributed by atoms with Crippen LogP contribution in [0.5, 0.6) is 0 Å². The third-order valence-corrected chi connectivity index (χ3v) is 12.8. The smallest absolute Gasteiger partial charge is 0.306 e. The van der Waals surface area contributed by atoms with Gasteiger partial charge in [-0.15, -0.1) is 0 Å². The van der Waals surface area contributed by atoms with Gasteiger partial charge in [0.25, 0.3) is 8.32 Å².